The van der Waals surface area contributed by atoms with Crippen molar-refractivity contribution in [2.45, 2.75) is 25.7 Å². The molecule has 2 fully saturated rings. The number of benzene rings is 2. The first-order chi connectivity index (χ1) is 15.0. The lowest BCUT2D eigenvalue weighted by Crippen LogP contribution is -2.39. The van der Waals surface area contributed by atoms with Crippen molar-refractivity contribution in [2.24, 2.45) is 5.92 Å². The van der Waals surface area contributed by atoms with E-state index in [9.17, 15) is 14.0 Å². The summed E-state index contributed by atoms with van der Waals surface area (Å²) in [5, 5.41) is 0.267. The van der Waals surface area contributed by atoms with Gasteiger partial charge in [-0.15, -0.1) is 0 Å². The number of hydrogen-bond donors (Lipinski definition) is 0. The van der Waals surface area contributed by atoms with Crippen LogP contribution in [0.1, 0.15) is 46.4 Å². The average molecular weight is 445 g/mol. The molecule has 0 radical (unpaired) electrons. The van der Waals surface area contributed by atoms with Crippen LogP contribution < -0.4 is 4.74 Å². The van der Waals surface area contributed by atoms with E-state index in [0.717, 1.165) is 44.5 Å². The predicted molar refractivity (Wildman–Crippen MR) is 117 cm³/mol. The Morgan fingerprint density at radius 1 is 0.935 bits per heavy atom. The highest BCUT2D eigenvalue weighted by Gasteiger charge is 2.26. The van der Waals surface area contributed by atoms with Gasteiger partial charge in [0.15, 0.2) is 0 Å². The summed E-state index contributed by atoms with van der Waals surface area (Å²) in [7, 11) is 0. The molecular formula is C24H26ClFN2O3. The van der Waals surface area contributed by atoms with Crippen LogP contribution in [0.2, 0.25) is 5.02 Å². The summed E-state index contributed by atoms with van der Waals surface area (Å²) in [5.41, 5.74) is 0.900. The molecule has 31 heavy (non-hydrogen) atoms. The van der Waals surface area contributed by atoms with Gasteiger partial charge in [-0.2, -0.15) is 0 Å². The van der Waals surface area contributed by atoms with Gasteiger partial charge in [-0.3, -0.25) is 9.59 Å². The van der Waals surface area contributed by atoms with Crippen molar-refractivity contribution < 1.29 is 18.7 Å². The number of halogens is 2. The van der Waals surface area contributed by atoms with E-state index in [1.165, 1.54) is 18.2 Å². The fourth-order valence-electron chi connectivity index (χ4n) is 4.15. The molecule has 0 N–H and O–H groups in total. The highest BCUT2D eigenvalue weighted by molar-refractivity contribution is 6.33. The lowest BCUT2D eigenvalue weighted by Gasteiger charge is -2.32. The first-order valence-electron chi connectivity index (χ1n) is 10.8. The Labute approximate surface area is 186 Å². The van der Waals surface area contributed by atoms with E-state index in [1.807, 2.05) is 29.2 Å². The zero-order valence-electron chi connectivity index (χ0n) is 17.4. The van der Waals surface area contributed by atoms with Gasteiger partial charge in [-0.25, -0.2) is 4.39 Å². The second-order valence-electron chi connectivity index (χ2n) is 8.19. The SMILES string of the molecule is O=C(c1ccc(OCC2CCN(C(=O)c3cc(F)ccc3Cl)CC2)cc1)N1CCCC1. The quantitative estimate of drug-likeness (QED) is 0.674. The molecule has 0 aliphatic carbocycles. The van der Waals surface area contributed by atoms with E-state index in [-0.39, 0.29) is 22.4 Å². The van der Waals surface area contributed by atoms with E-state index < -0.39 is 5.82 Å². The second kappa shape index (κ2) is 9.69. The zero-order valence-corrected chi connectivity index (χ0v) is 18.1. The molecule has 0 saturated carbocycles. The van der Waals surface area contributed by atoms with Crippen LogP contribution >= 0.6 is 11.6 Å². The second-order valence-corrected chi connectivity index (χ2v) is 8.60. The number of carbonyl (C=O) groups is 2. The van der Waals surface area contributed by atoms with E-state index >= 15 is 0 Å². The molecule has 4 rings (SSSR count). The smallest absolute Gasteiger partial charge is 0.255 e. The van der Waals surface area contributed by atoms with E-state index in [4.69, 9.17) is 16.3 Å². The van der Waals surface area contributed by atoms with Crippen molar-refractivity contribution in [2.75, 3.05) is 32.8 Å². The van der Waals surface area contributed by atoms with Crippen LogP contribution in [-0.4, -0.2) is 54.4 Å². The summed E-state index contributed by atoms with van der Waals surface area (Å²) in [6.07, 6.45) is 3.77. The fourth-order valence-corrected chi connectivity index (χ4v) is 4.34. The monoisotopic (exact) mass is 444 g/mol. The van der Waals surface area contributed by atoms with Crippen LogP contribution in [0.25, 0.3) is 0 Å². The van der Waals surface area contributed by atoms with Gasteiger partial charge in [-0.1, -0.05) is 11.6 Å². The Balaban J connectivity index is 1.25. The summed E-state index contributed by atoms with van der Waals surface area (Å²) in [6, 6.07) is 11.2. The minimum Gasteiger partial charge on any atom is -0.493 e. The Kier molecular flexibility index (Phi) is 6.76. The summed E-state index contributed by atoms with van der Waals surface area (Å²) >= 11 is 6.07. The lowest BCUT2D eigenvalue weighted by molar-refractivity contribution is 0.0660. The van der Waals surface area contributed by atoms with E-state index in [0.29, 0.717) is 31.2 Å². The molecule has 0 aromatic heterocycles. The Morgan fingerprint density at radius 3 is 2.26 bits per heavy atom. The summed E-state index contributed by atoms with van der Waals surface area (Å²) in [6.45, 7) is 3.40. The van der Waals surface area contributed by atoms with E-state index in [1.54, 1.807) is 4.90 Å². The van der Waals surface area contributed by atoms with Crippen LogP contribution in [0.5, 0.6) is 5.75 Å². The van der Waals surface area contributed by atoms with Crippen LogP contribution in [0.3, 0.4) is 0 Å². The van der Waals surface area contributed by atoms with Gasteiger partial charge >= 0.3 is 0 Å². The molecule has 0 spiro atoms. The molecule has 2 aliphatic heterocycles. The number of amides is 2. The first kappa shape index (κ1) is 21.6. The standard InChI is InChI=1S/C24H26ClFN2O3/c25-22-8-5-19(26)15-21(22)24(30)28-13-9-17(10-14-28)16-31-20-6-3-18(4-7-20)23(29)27-11-1-2-12-27/h3-8,15,17H,1-2,9-14,16H2. The fraction of sp³-hybridized carbons (Fsp3) is 0.417. The Morgan fingerprint density at radius 2 is 1.58 bits per heavy atom. The maximum absolute atomic E-state index is 13.5. The van der Waals surface area contributed by atoms with Crippen LogP contribution in [-0.2, 0) is 0 Å². The molecule has 2 aromatic carbocycles. The minimum absolute atomic E-state index is 0.0829. The predicted octanol–water partition coefficient (Wildman–Crippen LogP) is 4.65. The maximum Gasteiger partial charge on any atom is 0.255 e. The number of piperidine rings is 1. The zero-order chi connectivity index (χ0) is 21.8. The normalized spacial score (nSPS) is 17.1. The largest absolute Gasteiger partial charge is 0.493 e. The van der Waals surface area contributed by atoms with Crippen molar-refractivity contribution in [1.29, 1.82) is 0 Å². The molecule has 164 valence electrons. The molecule has 0 unspecified atom stereocenters. The molecule has 0 bridgehead atoms. The molecule has 5 nitrogen and oxygen atoms in total. The molecule has 7 heteroatoms. The summed E-state index contributed by atoms with van der Waals surface area (Å²) < 4.78 is 19.4. The first-order valence-corrected chi connectivity index (χ1v) is 11.2. The Bertz CT molecular complexity index is 936. The number of nitrogens with zero attached hydrogens (tertiary/aromatic N) is 2. The Hall–Kier alpha value is -2.60. The van der Waals surface area contributed by atoms with Crippen molar-refractivity contribution in [1.82, 2.24) is 9.80 Å². The van der Waals surface area contributed by atoms with Crippen molar-refractivity contribution in [3.05, 3.63) is 64.4 Å². The van der Waals surface area contributed by atoms with Gasteiger partial charge < -0.3 is 14.5 Å². The van der Waals surface area contributed by atoms with Crippen molar-refractivity contribution >= 4 is 23.4 Å². The van der Waals surface area contributed by atoms with Crippen LogP contribution in [0.4, 0.5) is 4.39 Å². The van der Waals surface area contributed by atoms with Crippen molar-refractivity contribution in [3.63, 3.8) is 0 Å². The maximum atomic E-state index is 13.5. The average Bonchev–Trinajstić information content (AvgIpc) is 3.34. The number of ether oxygens (including phenoxy) is 1. The minimum atomic E-state index is -0.468. The van der Waals surface area contributed by atoms with Gasteiger partial charge in [-0.05, 0) is 74.1 Å². The number of likely N-dealkylation sites (tertiary alicyclic amines) is 2. The molecule has 2 amide bonds. The molecule has 2 aromatic rings. The third-order valence-corrected chi connectivity index (χ3v) is 6.37. The molecule has 2 heterocycles. The lowest BCUT2D eigenvalue weighted by atomic mass is 9.97. The topological polar surface area (TPSA) is 49.9 Å². The van der Waals surface area contributed by atoms with Gasteiger partial charge in [0.1, 0.15) is 11.6 Å². The van der Waals surface area contributed by atoms with E-state index in [2.05, 4.69) is 0 Å². The molecular weight excluding hydrogens is 419 g/mol. The highest BCUT2D eigenvalue weighted by Crippen LogP contribution is 2.24. The van der Waals surface area contributed by atoms with Gasteiger partial charge in [0.25, 0.3) is 11.8 Å². The van der Waals surface area contributed by atoms with Crippen LogP contribution in [0.15, 0.2) is 42.5 Å². The number of carbonyl (C=O) groups excluding carboxylic acids is 2. The summed E-state index contributed by atoms with van der Waals surface area (Å²) in [5.74, 6) is 0.451. The van der Waals surface area contributed by atoms with Crippen LogP contribution in [0, 0.1) is 11.7 Å². The third-order valence-electron chi connectivity index (χ3n) is 6.04. The molecule has 2 aliphatic rings. The summed E-state index contributed by atoms with van der Waals surface area (Å²) in [4.78, 5) is 28.7. The van der Waals surface area contributed by atoms with Gasteiger partial charge in [0, 0.05) is 31.7 Å². The molecule has 0 atom stereocenters. The number of hydrogen-bond acceptors (Lipinski definition) is 3. The number of rotatable bonds is 5. The van der Waals surface area contributed by atoms with Gasteiger partial charge in [0.2, 0.25) is 0 Å². The van der Waals surface area contributed by atoms with Gasteiger partial charge in [0.05, 0.1) is 17.2 Å². The highest BCUT2D eigenvalue weighted by atomic mass is 35.5. The van der Waals surface area contributed by atoms with Crippen molar-refractivity contribution in [3.8, 4) is 5.75 Å². The molecule has 2 saturated heterocycles. The third kappa shape index (κ3) is 5.18.